The Labute approximate surface area is 432 Å². The first-order valence-corrected chi connectivity index (χ1v) is 31.4. The third kappa shape index (κ3) is 58.8. The summed E-state index contributed by atoms with van der Waals surface area (Å²) in [5.74, 6) is -0.566. The Balaban J connectivity index is 3.37. The Morgan fingerprint density at radius 3 is 0.855 bits per heavy atom. The van der Waals surface area contributed by atoms with Gasteiger partial charge in [0.25, 0.3) is 0 Å². The highest BCUT2D eigenvalue weighted by Gasteiger charge is 2.16. The molecule has 0 bridgehead atoms. The number of esters is 2. The average molecular weight is 972 g/mol. The van der Waals surface area contributed by atoms with Crippen molar-refractivity contribution < 1.29 is 24.2 Å². The van der Waals surface area contributed by atoms with Gasteiger partial charge in [-0.15, -0.1) is 0 Å². The molecule has 0 aromatic rings. The summed E-state index contributed by atoms with van der Waals surface area (Å²) in [6.45, 7) is 4.19. The largest absolute Gasteiger partial charge is 0.462 e. The molecule has 408 valence electrons. The first-order chi connectivity index (χ1) is 34.1. The highest BCUT2D eigenvalue weighted by molar-refractivity contribution is 5.70. The first-order valence-electron chi connectivity index (χ1n) is 31.4. The number of rotatable bonds is 59. The minimum atomic E-state index is -0.766. The molecule has 5 nitrogen and oxygen atoms in total. The van der Waals surface area contributed by atoms with Crippen molar-refractivity contribution in [3.8, 4) is 0 Å². The second-order valence-electron chi connectivity index (χ2n) is 21.5. The van der Waals surface area contributed by atoms with Crippen LogP contribution in [0, 0.1) is 0 Å². The van der Waals surface area contributed by atoms with Gasteiger partial charge in [-0.05, 0) is 44.9 Å². The lowest BCUT2D eigenvalue weighted by Crippen LogP contribution is -2.28. The zero-order chi connectivity index (χ0) is 49.9. The van der Waals surface area contributed by atoms with Gasteiger partial charge in [0.15, 0.2) is 6.10 Å². The Bertz CT molecular complexity index is 1050. The van der Waals surface area contributed by atoms with E-state index >= 15 is 0 Å². The fourth-order valence-corrected chi connectivity index (χ4v) is 9.77. The van der Waals surface area contributed by atoms with E-state index in [-0.39, 0.29) is 25.2 Å². The van der Waals surface area contributed by atoms with Crippen molar-refractivity contribution in [3.05, 3.63) is 24.3 Å². The van der Waals surface area contributed by atoms with Gasteiger partial charge in [0.2, 0.25) is 0 Å². The normalized spacial score (nSPS) is 12.2. The highest BCUT2D eigenvalue weighted by Crippen LogP contribution is 2.18. The summed E-state index contributed by atoms with van der Waals surface area (Å²) in [6, 6.07) is 0. The average Bonchev–Trinajstić information content (AvgIpc) is 3.35. The predicted molar refractivity (Wildman–Crippen MR) is 302 cm³/mol. The van der Waals surface area contributed by atoms with E-state index in [1.165, 1.54) is 289 Å². The molecule has 0 aliphatic rings. The molecule has 0 aromatic carbocycles. The van der Waals surface area contributed by atoms with Crippen molar-refractivity contribution in [2.75, 3.05) is 13.2 Å². The fraction of sp³-hybridized carbons (Fsp3) is 0.906. The van der Waals surface area contributed by atoms with Crippen molar-refractivity contribution >= 4 is 11.9 Å². The van der Waals surface area contributed by atoms with E-state index < -0.39 is 6.10 Å². The van der Waals surface area contributed by atoms with Gasteiger partial charge in [-0.2, -0.15) is 0 Å². The molecular formula is C64H122O5. The lowest BCUT2D eigenvalue weighted by atomic mass is 10.0. The van der Waals surface area contributed by atoms with Gasteiger partial charge in [-0.1, -0.05) is 321 Å². The van der Waals surface area contributed by atoms with Crippen LogP contribution in [0.3, 0.4) is 0 Å². The van der Waals surface area contributed by atoms with Crippen LogP contribution in [-0.2, 0) is 19.1 Å². The summed E-state index contributed by atoms with van der Waals surface area (Å²) in [5, 5.41) is 9.66. The smallest absolute Gasteiger partial charge is 0.306 e. The van der Waals surface area contributed by atoms with Gasteiger partial charge >= 0.3 is 11.9 Å². The molecule has 0 heterocycles. The fourth-order valence-electron chi connectivity index (χ4n) is 9.77. The van der Waals surface area contributed by atoms with Crippen LogP contribution < -0.4 is 0 Å². The minimum Gasteiger partial charge on any atom is -0.462 e. The zero-order valence-electron chi connectivity index (χ0n) is 46.9. The van der Waals surface area contributed by atoms with Crippen LogP contribution in [0.25, 0.3) is 0 Å². The van der Waals surface area contributed by atoms with Crippen LogP contribution in [0.15, 0.2) is 24.3 Å². The van der Waals surface area contributed by atoms with E-state index in [0.29, 0.717) is 12.8 Å². The number of unbranched alkanes of at least 4 members (excludes halogenated alkanes) is 47. The van der Waals surface area contributed by atoms with Gasteiger partial charge in [-0.3, -0.25) is 9.59 Å². The number of ether oxygens (including phenoxy) is 2. The molecule has 5 heteroatoms. The van der Waals surface area contributed by atoms with E-state index in [9.17, 15) is 14.7 Å². The van der Waals surface area contributed by atoms with Gasteiger partial charge in [0.1, 0.15) is 6.61 Å². The maximum Gasteiger partial charge on any atom is 0.306 e. The first kappa shape index (κ1) is 67.4. The second-order valence-corrected chi connectivity index (χ2v) is 21.5. The molecule has 0 saturated carbocycles. The van der Waals surface area contributed by atoms with Gasteiger partial charge < -0.3 is 14.6 Å². The van der Waals surface area contributed by atoms with Crippen LogP contribution in [-0.4, -0.2) is 36.4 Å². The number of hydrogen-bond acceptors (Lipinski definition) is 5. The number of allylic oxidation sites excluding steroid dienone is 4. The molecule has 0 rings (SSSR count). The lowest BCUT2D eigenvalue weighted by Gasteiger charge is -2.15. The van der Waals surface area contributed by atoms with Gasteiger partial charge in [0, 0.05) is 12.8 Å². The van der Waals surface area contributed by atoms with Crippen LogP contribution in [0.5, 0.6) is 0 Å². The van der Waals surface area contributed by atoms with Crippen molar-refractivity contribution in [2.45, 2.75) is 360 Å². The molecule has 0 radical (unpaired) electrons. The molecule has 0 fully saturated rings. The van der Waals surface area contributed by atoms with E-state index in [1.54, 1.807) is 0 Å². The standard InChI is InChI=1S/C64H122O5/c1-3-5-7-9-11-13-15-17-19-21-23-24-25-26-27-28-29-30-31-32-33-34-35-36-37-38-39-40-41-43-45-47-49-51-53-55-57-59-64(67)69-62(60-65)61-68-63(66)58-56-54-52-50-48-46-44-42-22-20-18-16-14-12-10-8-6-4-2/h15,17,21,23,62,65H,3-14,16,18-20,22,24-61H2,1-2H3/b17-15-,23-21-. The van der Waals surface area contributed by atoms with Crippen molar-refractivity contribution in [1.29, 1.82) is 0 Å². The van der Waals surface area contributed by atoms with Crippen LogP contribution in [0.2, 0.25) is 0 Å². The Morgan fingerprint density at radius 2 is 0.580 bits per heavy atom. The Kier molecular flexibility index (Phi) is 59.3. The minimum absolute atomic E-state index is 0.0574. The molecule has 0 aliphatic heterocycles. The van der Waals surface area contributed by atoms with E-state index in [2.05, 4.69) is 38.2 Å². The third-order valence-electron chi connectivity index (χ3n) is 14.5. The molecule has 0 saturated heterocycles. The zero-order valence-corrected chi connectivity index (χ0v) is 46.9. The summed E-state index contributed by atoms with van der Waals surface area (Å²) in [7, 11) is 0. The summed E-state index contributed by atoms with van der Waals surface area (Å²) < 4.78 is 10.7. The molecule has 1 N–H and O–H groups in total. The van der Waals surface area contributed by atoms with Crippen molar-refractivity contribution in [2.24, 2.45) is 0 Å². The quantitative estimate of drug-likeness (QED) is 0.0373. The molecule has 69 heavy (non-hydrogen) atoms. The molecule has 0 aliphatic carbocycles. The molecule has 0 amide bonds. The van der Waals surface area contributed by atoms with Gasteiger partial charge in [0.05, 0.1) is 6.61 Å². The number of aliphatic hydroxyl groups is 1. The van der Waals surface area contributed by atoms with E-state index in [0.717, 1.165) is 38.5 Å². The maximum atomic E-state index is 12.3. The highest BCUT2D eigenvalue weighted by atomic mass is 16.6. The predicted octanol–water partition coefficient (Wildman–Crippen LogP) is 21.3. The molecular weight excluding hydrogens is 849 g/mol. The van der Waals surface area contributed by atoms with Gasteiger partial charge in [-0.25, -0.2) is 0 Å². The van der Waals surface area contributed by atoms with Crippen LogP contribution in [0.4, 0.5) is 0 Å². The maximum absolute atomic E-state index is 12.3. The number of aliphatic hydroxyl groups excluding tert-OH is 1. The van der Waals surface area contributed by atoms with E-state index in [4.69, 9.17) is 9.47 Å². The number of carbonyl (C=O) groups excluding carboxylic acids is 2. The number of carbonyl (C=O) groups is 2. The second kappa shape index (κ2) is 60.7. The topological polar surface area (TPSA) is 72.8 Å². The number of hydrogen-bond donors (Lipinski definition) is 1. The SMILES string of the molecule is CCCCCCC/C=C\C/C=C\CCCCCCCCCCCCCCCCCCCCCCCCCCCC(=O)OC(CO)COC(=O)CCCCCCCCCCCCCCCCCCCC. The monoisotopic (exact) mass is 971 g/mol. The molecule has 1 unspecified atom stereocenters. The molecule has 0 spiro atoms. The summed E-state index contributed by atoms with van der Waals surface area (Å²) in [6.07, 6.45) is 77.6. The lowest BCUT2D eigenvalue weighted by molar-refractivity contribution is -0.161. The summed E-state index contributed by atoms with van der Waals surface area (Å²) in [5.41, 5.74) is 0. The Morgan fingerprint density at radius 1 is 0.333 bits per heavy atom. The Hall–Kier alpha value is -1.62. The van der Waals surface area contributed by atoms with Crippen LogP contribution >= 0.6 is 0 Å². The molecule has 1 atom stereocenters. The third-order valence-corrected chi connectivity index (χ3v) is 14.5. The van der Waals surface area contributed by atoms with E-state index in [1.807, 2.05) is 0 Å². The molecule has 0 aromatic heterocycles. The van der Waals surface area contributed by atoms with Crippen LogP contribution in [0.1, 0.15) is 354 Å². The van der Waals surface area contributed by atoms with Crippen molar-refractivity contribution in [3.63, 3.8) is 0 Å². The van der Waals surface area contributed by atoms with Crippen molar-refractivity contribution in [1.82, 2.24) is 0 Å². The summed E-state index contributed by atoms with van der Waals surface area (Å²) >= 11 is 0. The summed E-state index contributed by atoms with van der Waals surface area (Å²) in [4.78, 5) is 24.5.